The van der Waals surface area contributed by atoms with Crippen LogP contribution in [0.15, 0.2) is 37.9 Å². The lowest BCUT2D eigenvalue weighted by Crippen LogP contribution is -2.32. The van der Waals surface area contributed by atoms with Gasteiger partial charge in [0.2, 0.25) is 0 Å². The van der Waals surface area contributed by atoms with Crippen LogP contribution in [0.25, 0.3) is 5.57 Å². The second-order valence-electron chi connectivity index (χ2n) is 6.03. The fourth-order valence-corrected chi connectivity index (χ4v) is 6.59. The summed E-state index contributed by atoms with van der Waals surface area (Å²) in [5.41, 5.74) is 1.25. The van der Waals surface area contributed by atoms with E-state index in [9.17, 15) is 4.79 Å². The molecule has 1 aliphatic rings. The van der Waals surface area contributed by atoms with Gasteiger partial charge in [-0.1, -0.05) is 6.08 Å². The van der Waals surface area contributed by atoms with Crippen LogP contribution in [0.3, 0.4) is 0 Å². The smallest absolute Gasteiger partial charge is 0.304 e. The number of carboxylic acid groups (broad SMARTS) is 1. The third-order valence-corrected chi connectivity index (χ3v) is 8.14. The van der Waals surface area contributed by atoms with Gasteiger partial charge in [-0.3, -0.25) is 9.69 Å². The van der Waals surface area contributed by atoms with Gasteiger partial charge < -0.3 is 5.11 Å². The van der Waals surface area contributed by atoms with Crippen LogP contribution in [0, 0.1) is 0 Å². The van der Waals surface area contributed by atoms with Crippen molar-refractivity contribution in [2.45, 2.75) is 31.7 Å². The van der Waals surface area contributed by atoms with Gasteiger partial charge in [-0.05, 0) is 80.6 Å². The van der Waals surface area contributed by atoms with Gasteiger partial charge in [-0.2, -0.15) is 0 Å². The van der Waals surface area contributed by atoms with E-state index in [1.165, 1.54) is 15.3 Å². The van der Waals surface area contributed by atoms with Crippen molar-refractivity contribution >= 4 is 66.1 Å². The Morgan fingerprint density at radius 2 is 1.88 bits per heavy atom. The summed E-state index contributed by atoms with van der Waals surface area (Å²) in [6.45, 7) is 1.92. The molecule has 134 valence electrons. The monoisotopic (exact) mass is 503 g/mol. The summed E-state index contributed by atoms with van der Waals surface area (Å²) in [4.78, 5) is 15.8. The minimum atomic E-state index is -0.696. The zero-order valence-electron chi connectivity index (χ0n) is 13.6. The Morgan fingerprint density at radius 3 is 2.40 bits per heavy atom. The van der Waals surface area contributed by atoms with Crippen molar-refractivity contribution < 1.29 is 9.90 Å². The van der Waals surface area contributed by atoms with E-state index >= 15 is 0 Å². The average Bonchev–Trinajstić information content (AvgIpc) is 3.27. The van der Waals surface area contributed by atoms with E-state index in [0.717, 1.165) is 41.3 Å². The Hall–Kier alpha value is -0.470. The normalized spacial score (nSPS) is 17.8. The highest BCUT2D eigenvalue weighted by Gasteiger charge is 2.25. The van der Waals surface area contributed by atoms with E-state index in [2.05, 4.69) is 65.7 Å². The Labute approximate surface area is 172 Å². The molecule has 3 heterocycles. The van der Waals surface area contributed by atoms with E-state index in [4.69, 9.17) is 5.11 Å². The summed E-state index contributed by atoms with van der Waals surface area (Å²) in [5, 5.41) is 13.3. The number of aliphatic carboxylic acids is 1. The van der Waals surface area contributed by atoms with E-state index in [0.29, 0.717) is 0 Å². The number of nitrogens with zero attached hydrogens (tertiary/aromatic N) is 1. The molecular formula is C18H19Br2NO2S2. The molecule has 2 aromatic rings. The second-order valence-corrected chi connectivity index (χ2v) is 9.57. The molecule has 7 heteroatoms. The highest BCUT2D eigenvalue weighted by atomic mass is 79.9. The second kappa shape index (κ2) is 8.95. The molecule has 1 saturated heterocycles. The van der Waals surface area contributed by atoms with Crippen LogP contribution in [0.1, 0.15) is 35.4 Å². The maximum Gasteiger partial charge on any atom is 0.304 e. The predicted molar refractivity (Wildman–Crippen MR) is 113 cm³/mol. The van der Waals surface area contributed by atoms with Gasteiger partial charge in [0, 0.05) is 36.9 Å². The van der Waals surface area contributed by atoms with Crippen LogP contribution in [-0.2, 0) is 4.79 Å². The molecule has 1 atom stereocenters. The molecule has 0 bridgehead atoms. The first-order chi connectivity index (χ1) is 12.1. The number of likely N-dealkylation sites (tertiary alicyclic amines) is 1. The molecule has 0 radical (unpaired) electrons. The summed E-state index contributed by atoms with van der Waals surface area (Å²) in [6, 6.07) is 4.36. The third-order valence-electron chi connectivity index (χ3n) is 4.40. The van der Waals surface area contributed by atoms with Gasteiger partial charge in [-0.15, -0.1) is 22.7 Å². The van der Waals surface area contributed by atoms with Crippen molar-refractivity contribution in [3.63, 3.8) is 0 Å². The van der Waals surface area contributed by atoms with Crippen LogP contribution in [0.4, 0.5) is 0 Å². The van der Waals surface area contributed by atoms with E-state index in [-0.39, 0.29) is 12.5 Å². The SMILES string of the molecule is O=C(O)C[C@@H]1CCCN1CCC=C(c1sccc1Br)c1sccc1Br. The number of thiophene rings is 2. The van der Waals surface area contributed by atoms with Crippen LogP contribution in [0.2, 0.25) is 0 Å². The highest BCUT2D eigenvalue weighted by molar-refractivity contribution is 9.11. The van der Waals surface area contributed by atoms with Gasteiger partial charge in [0.15, 0.2) is 0 Å². The summed E-state index contributed by atoms with van der Waals surface area (Å²) < 4.78 is 2.24. The third kappa shape index (κ3) is 4.83. The number of hydrogen-bond donors (Lipinski definition) is 1. The summed E-state index contributed by atoms with van der Waals surface area (Å²) in [5.74, 6) is -0.696. The quantitative estimate of drug-likeness (QED) is 0.495. The van der Waals surface area contributed by atoms with Crippen molar-refractivity contribution in [3.8, 4) is 0 Å². The predicted octanol–water partition coefficient (Wildman–Crippen LogP) is 6.10. The van der Waals surface area contributed by atoms with Gasteiger partial charge in [0.05, 0.1) is 6.42 Å². The molecular weight excluding hydrogens is 486 g/mol. The fraction of sp³-hybridized carbons (Fsp3) is 0.389. The lowest BCUT2D eigenvalue weighted by atomic mass is 10.1. The van der Waals surface area contributed by atoms with Crippen LogP contribution in [-0.4, -0.2) is 35.1 Å². The molecule has 2 aromatic heterocycles. The zero-order chi connectivity index (χ0) is 17.8. The fourth-order valence-electron chi connectivity index (χ4n) is 3.26. The van der Waals surface area contributed by atoms with Crippen molar-refractivity contribution in [1.29, 1.82) is 0 Å². The number of carboxylic acids is 1. The molecule has 3 rings (SSSR count). The Morgan fingerprint density at radius 1 is 1.24 bits per heavy atom. The largest absolute Gasteiger partial charge is 0.481 e. The Kier molecular flexibility index (Phi) is 6.91. The lowest BCUT2D eigenvalue weighted by Gasteiger charge is -2.22. The maximum atomic E-state index is 11.0. The molecule has 1 N–H and O–H groups in total. The van der Waals surface area contributed by atoms with E-state index in [1.54, 1.807) is 22.7 Å². The molecule has 25 heavy (non-hydrogen) atoms. The van der Waals surface area contributed by atoms with Crippen LogP contribution in [0.5, 0.6) is 0 Å². The van der Waals surface area contributed by atoms with Crippen molar-refractivity contribution in [3.05, 3.63) is 47.7 Å². The Bertz CT molecular complexity index is 726. The maximum absolute atomic E-state index is 11.0. The Balaban J connectivity index is 1.75. The lowest BCUT2D eigenvalue weighted by molar-refractivity contribution is -0.138. The molecule has 0 amide bonds. The average molecular weight is 505 g/mol. The minimum absolute atomic E-state index is 0.191. The summed E-state index contributed by atoms with van der Waals surface area (Å²) >= 11 is 10.8. The molecule has 0 aliphatic carbocycles. The van der Waals surface area contributed by atoms with Gasteiger partial charge in [-0.25, -0.2) is 0 Å². The molecule has 1 fully saturated rings. The van der Waals surface area contributed by atoms with Crippen molar-refractivity contribution in [2.24, 2.45) is 0 Å². The number of carbonyl (C=O) groups is 1. The van der Waals surface area contributed by atoms with Gasteiger partial charge >= 0.3 is 5.97 Å². The first-order valence-corrected chi connectivity index (χ1v) is 11.5. The zero-order valence-corrected chi connectivity index (χ0v) is 18.4. The first kappa shape index (κ1) is 19.3. The van der Waals surface area contributed by atoms with Crippen LogP contribution < -0.4 is 0 Å². The molecule has 0 aromatic carbocycles. The van der Waals surface area contributed by atoms with Crippen molar-refractivity contribution in [1.82, 2.24) is 4.90 Å². The minimum Gasteiger partial charge on any atom is -0.481 e. The van der Waals surface area contributed by atoms with Gasteiger partial charge in [0.25, 0.3) is 0 Å². The van der Waals surface area contributed by atoms with Gasteiger partial charge in [0.1, 0.15) is 0 Å². The molecule has 1 aliphatic heterocycles. The van der Waals surface area contributed by atoms with E-state index in [1.807, 2.05) is 0 Å². The number of halogens is 2. The summed E-state index contributed by atoms with van der Waals surface area (Å²) in [7, 11) is 0. The molecule has 0 spiro atoms. The van der Waals surface area contributed by atoms with Crippen LogP contribution >= 0.6 is 54.5 Å². The topological polar surface area (TPSA) is 40.5 Å². The first-order valence-electron chi connectivity index (χ1n) is 8.19. The number of hydrogen-bond acceptors (Lipinski definition) is 4. The van der Waals surface area contributed by atoms with E-state index < -0.39 is 5.97 Å². The molecule has 0 saturated carbocycles. The van der Waals surface area contributed by atoms with Crippen molar-refractivity contribution in [2.75, 3.05) is 13.1 Å². The number of rotatable bonds is 7. The highest BCUT2D eigenvalue weighted by Crippen LogP contribution is 2.39. The molecule has 0 unspecified atom stereocenters. The molecule has 3 nitrogen and oxygen atoms in total. The summed E-state index contributed by atoms with van der Waals surface area (Å²) in [6.07, 6.45) is 5.56. The standard InChI is InChI=1S/C18H19Br2NO2S2/c19-14-5-9-24-17(14)13(18-15(20)6-10-25-18)4-2-8-21-7-1-3-12(21)11-16(22)23/h4-6,9-10,12H,1-3,7-8,11H2,(H,22,23)/t12-/m0/s1.